The number of aromatic amines is 3. The number of carbonyl (C=O) groups excluding carboxylic acids is 4. The number of ether oxygens (including phenoxy) is 1. The highest BCUT2D eigenvalue weighted by Crippen LogP contribution is 2.36. The number of nitro groups is 4. The number of anilines is 2. The van der Waals surface area contributed by atoms with Crippen LogP contribution < -0.4 is 38.4 Å². The van der Waals surface area contributed by atoms with Crippen molar-refractivity contribution in [1.29, 1.82) is 0 Å². The third-order valence-electron chi connectivity index (χ3n) is 13.3. The molecule has 4 aliphatic heterocycles. The highest BCUT2D eigenvalue weighted by molar-refractivity contribution is 8.14. The molecule has 0 aliphatic carbocycles. The molecule has 7 aromatic carbocycles. The second kappa shape index (κ2) is 28.5. The number of hydrogen-bond acceptors (Lipinski definition) is 25. The summed E-state index contributed by atoms with van der Waals surface area (Å²) < 4.78 is 26.8. The van der Waals surface area contributed by atoms with Gasteiger partial charge < -0.3 is 31.3 Å². The highest BCUT2D eigenvalue weighted by Gasteiger charge is 2.37. The molecule has 0 fully saturated rings. The Balaban J connectivity index is 0.000000140. The van der Waals surface area contributed by atoms with Gasteiger partial charge in [-0.1, -0.05) is 54.1 Å². The van der Waals surface area contributed by atoms with Gasteiger partial charge in [-0.05, 0) is 72.6 Å². The Morgan fingerprint density at radius 2 is 1.03 bits per heavy atom. The molecule has 93 heavy (non-hydrogen) atoms. The fraction of sp³-hybridized carbons (Fsp3) is 0.0714. The molecule has 474 valence electrons. The molecular weight excluding hydrogens is 1290 g/mol. The van der Waals surface area contributed by atoms with Crippen LogP contribution in [0.25, 0.3) is 32.3 Å². The molecule has 3 aromatic heterocycles. The molecule has 3 amide bonds. The van der Waals surface area contributed by atoms with Crippen LogP contribution in [0.4, 0.5) is 34.1 Å². The number of nitrogen functional groups attached to an aromatic ring is 1. The van der Waals surface area contributed by atoms with Crippen molar-refractivity contribution < 1.29 is 62.2 Å². The van der Waals surface area contributed by atoms with Gasteiger partial charge in [0.1, 0.15) is 11.1 Å². The SMILES string of the molecule is Clc1ccc2c(c1)NCC2.Nc1cccc2c(=O)[nH]ncc12.O=C1NC(=O)c2c1cccc2[N+](=O)[O-].O=C1NC(O)c2c1cccc2[N+](=O)[O-].O=C1OC(O)c2c1cccc2[N+](=O)[O-].O=c1[nH]ncc2c(S(=O)(=O)Cl)cccc12.O=c1[nH]ncc2c([N+](=O)[O-])cccc12. The quantitative estimate of drug-likeness (QED) is 0.0236. The molecule has 7 heterocycles. The summed E-state index contributed by atoms with van der Waals surface area (Å²) in [5.74, 6) is -2.53. The number of halogens is 2. The van der Waals surface area contributed by atoms with E-state index in [0.29, 0.717) is 16.5 Å². The number of benzene rings is 7. The average Bonchev–Trinajstić information content (AvgIpc) is 1.79. The van der Waals surface area contributed by atoms with Crippen LogP contribution in [0.2, 0.25) is 5.02 Å². The van der Waals surface area contributed by atoms with Gasteiger partial charge >= 0.3 is 5.97 Å². The molecule has 0 bridgehead atoms. The predicted octanol–water partition coefficient (Wildman–Crippen LogP) is 6.06. The summed E-state index contributed by atoms with van der Waals surface area (Å²) >= 11 is 5.78. The van der Waals surface area contributed by atoms with Crippen LogP contribution in [-0.4, -0.2) is 99.2 Å². The number of H-pyrrole nitrogens is 3. The fourth-order valence-electron chi connectivity index (χ4n) is 9.17. The van der Waals surface area contributed by atoms with E-state index in [2.05, 4.69) is 52.0 Å². The number of amides is 3. The zero-order chi connectivity index (χ0) is 67.6. The monoisotopic (exact) mass is 1330 g/mol. The Labute approximate surface area is 525 Å². The van der Waals surface area contributed by atoms with Crippen molar-refractivity contribution in [3.8, 4) is 0 Å². The lowest BCUT2D eigenvalue weighted by molar-refractivity contribution is -0.386. The second-order valence-electron chi connectivity index (χ2n) is 18.9. The van der Waals surface area contributed by atoms with E-state index in [9.17, 15) is 92.6 Å². The predicted molar refractivity (Wildman–Crippen MR) is 329 cm³/mol. The van der Waals surface area contributed by atoms with Gasteiger partial charge in [0.2, 0.25) is 6.29 Å². The number of non-ortho nitro benzene ring substituents is 1. The Morgan fingerprint density at radius 3 is 1.61 bits per heavy atom. The molecule has 0 spiro atoms. The third kappa shape index (κ3) is 15.1. The molecular formula is C56H40Cl2N14O20S. The zero-order valence-corrected chi connectivity index (χ0v) is 48.9. The number of hydrogen-bond donors (Lipinski definition) is 9. The number of esters is 1. The van der Waals surface area contributed by atoms with Crippen molar-refractivity contribution in [2.75, 3.05) is 17.6 Å². The van der Waals surface area contributed by atoms with Crippen LogP contribution in [0.1, 0.15) is 70.6 Å². The number of carbonyl (C=O) groups is 4. The van der Waals surface area contributed by atoms with Crippen molar-refractivity contribution in [2.24, 2.45) is 0 Å². The number of aliphatic hydroxyl groups excluding tert-OH is 2. The summed E-state index contributed by atoms with van der Waals surface area (Å²) in [5, 5.41) is 88.8. The maximum Gasteiger partial charge on any atom is 0.341 e. The molecule has 0 saturated carbocycles. The molecule has 0 saturated heterocycles. The highest BCUT2D eigenvalue weighted by atomic mass is 35.7. The van der Waals surface area contributed by atoms with Crippen LogP contribution in [0, 0.1) is 40.5 Å². The molecule has 37 heteroatoms. The minimum absolute atomic E-state index is 0.0440. The zero-order valence-electron chi connectivity index (χ0n) is 46.5. The van der Waals surface area contributed by atoms with Crippen molar-refractivity contribution in [3.63, 3.8) is 0 Å². The number of nitro benzene ring substituents is 4. The Hall–Kier alpha value is -12.3. The lowest BCUT2D eigenvalue weighted by atomic mass is 10.1. The summed E-state index contributed by atoms with van der Waals surface area (Å²) in [6, 6.07) is 31.8. The number of fused-ring (bicyclic) bond motifs is 7. The number of nitrogens with zero attached hydrogens (tertiary/aromatic N) is 7. The van der Waals surface area contributed by atoms with Crippen LogP contribution >= 0.6 is 22.3 Å². The second-order valence-corrected chi connectivity index (χ2v) is 21.9. The average molecular weight is 1330 g/mol. The fourth-order valence-corrected chi connectivity index (χ4v) is 10.4. The van der Waals surface area contributed by atoms with Gasteiger partial charge in [0, 0.05) is 68.7 Å². The van der Waals surface area contributed by atoms with E-state index in [4.69, 9.17) is 28.0 Å². The van der Waals surface area contributed by atoms with Gasteiger partial charge in [0.25, 0.3) is 66.2 Å². The lowest BCUT2D eigenvalue weighted by Gasteiger charge is -2.02. The number of aromatic nitrogens is 6. The number of cyclic esters (lactones) is 1. The number of imide groups is 1. The number of rotatable bonds is 5. The van der Waals surface area contributed by atoms with E-state index in [1.165, 1.54) is 115 Å². The van der Waals surface area contributed by atoms with Crippen LogP contribution in [-0.2, 0) is 20.2 Å². The normalized spacial score (nSPS) is 14.1. The van der Waals surface area contributed by atoms with Crippen LogP contribution in [0.3, 0.4) is 0 Å². The largest absolute Gasteiger partial charge is 0.428 e. The molecule has 14 rings (SSSR count). The van der Waals surface area contributed by atoms with Crippen molar-refractivity contribution in [3.05, 3.63) is 261 Å². The summed E-state index contributed by atoms with van der Waals surface area (Å²) in [4.78, 5) is 118. The Morgan fingerprint density at radius 1 is 0.548 bits per heavy atom. The summed E-state index contributed by atoms with van der Waals surface area (Å²) in [7, 11) is 1.36. The Bertz CT molecular complexity index is 4950. The number of aliphatic hydroxyl groups is 2. The first kappa shape index (κ1) is 66.6. The molecule has 2 unspecified atom stereocenters. The van der Waals surface area contributed by atoms with Crippen LogP contribution in [0.5, 0.6) is 0 Å². The smallest absolute Gasteiger partial charge is 0.341 e. The minimum atomic E-state index is -3.87. The molecule has 4 aliphatic rings. The molecule has 0 radical (unpaired) electrons. The topological polar surface area (TPSA) is 524 Å². The van der Waals surface area contributed by atoms with Crippen molar-refractivity contribution >= 4 is 121 Å². The van der Waals surface area contributed by atoms with E-state index in [1.807, 2.05) is 17.4 Å². The number of nitrogens with one attached hydrogen (secondary N) is 6. The molecule has 2 atom stereocenters. The molecule has 10 aromatic rings. The van der Waals surface area contributed by atoms with Gasteiger partial charge in [-0.25, -0.2) is 28.5 Å². The maximum absolute atomic E-state index is 11.3. The van der Waals surface area contributed by atoms with E-state index < -0.39 is 76.1 Å². The van der Waals surface area contributed by atoms with Crippen LogP contribution in [0.15, 0.2) is 165 Å². The lowest BCUT2D eigenvalue weighted by Crippen LogP contribution is -2.20. The first-order valence-electron chi connectivity index (χ1n) is 26.0. The van der Waals surface area contributed by atoms with E-state index >= 15 is 0 Å². The first-order chi connectivity index (χ1) is 44.2. The van der Waals surface area contributed by atoms with Gasteiger partial charge in [-0.3, -0.25) is 74.5 Å². The van der Waals surface area contributed by atoms with Gasteiger partial charge in [-0.15, -0.1) is 0 Å². The summed E-state index contributed by atoms with van der Waals surface area (Å²) in [6.45, 7) is 1.05. The summed E-state index contributed by atoms with van der Waals surface area (Å²) in [5.41, 5.74) is 6.80. The van der Waals surface area contributed by atoms with Gasteiger partial charge in [0.15, 0.2) is 6.23 Å². The maximum atomic E-state index is 11.3. The third-order valence-corrected chi connectivity index (χ3v) is 14.9. The van der Waals surface area contributed by atoms with E-state index in [-0.39, 0.29) is 88.1 Å². The summed E-state index contributed by atoms with van der Waals surface area (Å²) in [6.07, 6.45) is 2.40. The minimum Gasteiger partial charge on any atom is -0.428 e. The van der Waals surface area contributed by atoms with Crippen molar-refractivity contribution in [2.45, 2.75) is 23.8 Å². The number of nitrogens with two attached hydrogens (primary N) is 1. The van der Waals surface area contributed by atoms with E-state index in [0.717, 1.165) is 18.0 Å². The van der Waals surface area contributed by atoms with E-state index in [1.54, 1.807) is 24.4 Å². The first-order valence-corrected chi connectivity index (χ1v) is 28.7. The molecule has 10 N–H and O–H groups in total. The molecule has 34 nitrogen and oxygen atoms in total. The van der Waals surface area contributed by atoms with Gasteiger partial charge in [0.05, 0.1) is 87.0 Å². The standard InChI is InChI=1S/C8H5ClN2O3S.C8H8ClN.C8H5N3O3.C8H7N3O.C8H6N2O4.C8H4N2O4.C8H5NO5/c9-15(13,14)7-3-1-2-5-6(7)4-10-11-8(5)12;9-7-2-1-6-3-4-10-8(6)5-7;12-8-5-2-1-3-7(11(13)14)6(5)4-9-10-8;9-7-3-1-2-5-6(7)4-10-11-8(5)12;2*11-7-4-2-1-3-5(10(13)14)6(4)8(12)9-7;10-7-4-2-1-3-5(9(12)13)6(4)8(11)14-7/h1-4H,(H,11,12);1-2,5,10H,3-4H2;1-4H,(H,10,12);1-4H,9H2,(H,11,12);1-3,8,12H,(H,9,11);1-3H,(H,9,11,12);1-3,8,11H. The van der Waals surface area contributed by atoms with Gasteiger partial charge in [-0.2, -0.15) is 15.3 Å². The Kier molecular flexibility index (Phi) is 20.4. The van der Waals surface area contributed by atoms with Crippen molar-refractivity contribution in [1.82, 2.24) is 41.2 Å².